The Hall–Kier alpha value is -5.31. The number of amides is 2. The third-order valence-corrected chi connectivity index (χ3v) is 6.87. The van der Waals surface area contributed by atoms with Crippen LogP contribution in [0.2, 0.25) is 0 Å². The van der Waals surface area contributed by atoms with Gasteiger partial charge in [-0.15, -0.1) is 0 Å². The van der Waals surface area contributed by atoms with Crippen LogP contribution in [0.4, 0.5) is 15.8 Å². The molecule has 4 aromatic carbocycles. The highest BCUT2D eigenvalue weighted by molar-refractivity contribution is 6.17. The number of furan rings is 1. The van der Waals surface area contributed by atoms with E-state index in [1.54, 1.807) is 37.3 Å². The van der Waals surface area contributed by atoms with E-state index in [1.165, 1.54) is 30.3 Å². The molecule has 1 aromatic heterocycles. The molecule has 0 bridgehead atoms. The van der Waals surface area contributed by atoms with E-state index in [0.717, 1.165) is 5.56 Å². The van der Waals surface area contributed by atoms with Gasteiger partial charge in [-0.3, -0.25) is 19.7 Å². The first-order chi connectivity index (χ1) is 19.5. The second-order valence-corrected chi connectivity index (χ2v) is 10.1. The Morgan fingerprint density at radius 2 is 1.61 bits per heavy atom. The topological polar surface area (TPSA) is 114 Å². The van der Waals surface area contributed by atoms with Crippen LogP contribution in [0, 0.1) is 22.9 Å². The smallest absolute Gasteiger partial charge is 0.289 e. The number of aryl methyl sites for hydroxylation is 1. The van der Waals surface area contributed by atoms with Gasteiger partial charge in [0.25, 0.3) is 17.5 Å². The normalized spacial score (nSPS) is 11.3. The van der Waals surface area contributed by atoms with Crippen LogP contribution in [0.5, 0.6) is 0 Å². The van der Waals surface area contributed by atoms with Crippen molar-refractivity contribution in [3.8, 4) is 11.1 Å². The van der Waals surface area contributed by atoms with Crippen molar-refractivity contribution >= 4 is 34.2 Å². The molecule has 41 heavy (non-hydrogen) atoms. The summed E-state index contributed by atoms with van der Waals surface area (Å²) >= 11 is 0. The van der Waals surface area contributed by atoms with Crippen LogP contribution in [0.15, 0.2) is 95.4 Å². The average Bonchev–Trinajstić information content (AvgIpc) is 3.29. The van der Waals surface area contributed by atoms with Gasteiger partial charge in [-0.25, -0.2) is 4.39 Å². The molecule has 206 valence electrons. The molecular formula is C32H26FN3O5. The number of hydrogen-bond acceptors (Lipinski definition) is 5. The lowest BCUT2D eigenvalue weighted by molar-refractivity contribution is -0.382. The summed E-state index contributed by atoms with van der Waals surface area (Å²) in [5.74, 6) is -1.25. The fraction of sp³-hybridized carbons (Fsp3) is 0.125. The number of carbonyl (C=O) groups excluding carboxylic acids is 2. The van der Waals surface area contributed by atoms with Crippen molar-refractivity contribution < 1.29 is 23.3 Å². The lowest BCUT2D eigenvalue weighted by atomic mass is 9.93. The molecule has 0 atom stereocenters. The lowest BCUT2D eigenvalue weighted by Crippen LogP contribution is -2.40. The van der Waals surface area contributed by atoms with Gasteiger partial charge in [0.15, 0.2) is 0 Å². The Kier molecular flexibility index (Phi) is 7.11. The number of carbonyl (C=O) groups is 2. The van der Waals surface area contributed by atoms with E-state index in [-0.39, 0.29) is 39.5 Å². The zero-order valence-corrected chi connectivity index (χ0v) is 22.5. The van der Waals surface area contributed by atoms with Gasteiger partial charge in [0.2, 0.25) is 0 Å². The molecule has 5 rings (SSSR count). The number of rotatable bonds is 7. The summed E-state index contributed by atoms with van der Waals surface area (Å²) in [6.45, 7) is 5.33. The number of hydrogen-bond donors (Lipinski definition) is 2. The number of nitrogens with one attached hydrogen (secondary N) is 2. The van der Waals surface area contributed by atoms with E-state index >= 15 is 0 Å². The standard InChI is InChI=1S/C32H26FN3O5/c1-19-27(31(38)34-24-14-12-23(33)13-15-24)28-26(41-19)17-16-25(29(28)36(39)40)20-8-7-9-21(18-20)30(37)35-32(2,3)22-10-5-4-6-11-22/h4-18H,1-3H3,(H,34,38)(H,35,37). The van der Waals surface area contributed by atoms with Gasteiger partial charge in [0.05, 0.1) is 21.6 Å². The number of anilines is 1. The van der Waals surface area contributed by atoms with Crippen molar-refractivity contribution in [1.29, 1.82) is 0 Å². The van der Waals surface area contributed by atoms with Crippen molar-refractivity contribution in [2.24, 2.45) is 0 Å². The van der Waals surface area contributed by atoms with Crippen molar-refractivity contribution in [3.05, 3.63) is 129 Å². The number of benzene rings is 4. The van der Waals surface area contributed by atoms with Gasteiger partial charge in [0.1, 0.15) is 22.5 Å². The molecule has 0 spiro atoms. The first-order valence-corrected chi connectivity index (χ1v) is 12.8. The molecule has 0 aliphatic carbocycles. The molecule has 0 saturated heterocycles. The minimum Gasteiger partial charge on any atom is -0.460 e. The molecule has 0 fully saturated rings. The monoisotopic (exact) mass is 551 g/mol. The largest absolute Gasteiger partial charge is 0.460 e. The quantitative estimate of drug-likeness (QED) is 0.162. The summed E-state index contributed by atoms with van der Waals surface area (Å²) in [5.41, 5.74) is 1.37. The third-order valence-electron chi connectivity index (χ3n) is 6.87. The molecule has 0 aliphatic rings. The highest BCUT2D eigenvalue weighted by Gasteiger charge is 2.30. The first-order valence-electron chi connectivity index (χ1n) is 12.8. The minimum atomic E-state index is -0.666. The van der Waals surface area contributed by atoms with E-state index in [9.17, 15) is 24.1 Å². The summed E-state index contributed by atoms with van der Waals surface area (Å²) in [7, 11) is 0. The molecule has 0 unspecified atom stereocenters. The summed E-state index contributed by atoms with van der Waals surface area (Å²) in [5, 5.41) is 18.2. The van der Waals surface area contributed by atoms with Crippen LogP contribution < -0.4 is 10.6 Å². The number of fused-ring (bicyclic) bond motifs is 1. The molecule has 8 nitrogen and oxygen atoms in total. The van der Waals surface area contributed by atoms with Crippen LogP contribution in [0.1, 0.15) is 45.9 Å². The van der Waals surface area contributed by atoms with Crippen LogP contribution in [-0.4, -0.2) is 16.7 Å². The van der Waals surface area contributed by atoms with E-state index in [4.69, 9.17) is 4.42 Å². The molecule has 0 radical (unpaired) electrons. The number of nitro groups is 1. The minimum absolute atomic E-state index is 0.00335. The predicted octanol–water partition coefficient (Wildman–Crippen LogP) is 7.37. The maximum Gasteiger partial charge on any atom is 0.289 e. The Bertz CT molecular complexity index is 1790. The second kappa shape index (κ2) is 10.7. The second-order valence-electron chi connectivity index (χ2n) is 10.1. The van der Waals surface area contributed by atoms with E-state index in [1.807, 2.05) is 44.2 Å². The first kappa shape index (κ1) is 27.3. The van der Waals surface area contributed by atoms with Gasteiger partial charge in [-0.1, -0.05) is 42.5 Å². The third kappa shape index (κ3) is 5.42. The molecule has 1 heterocycles. The molecule has 2 amide bonds. The summed E-state index contributed by atoms with van der Waals surface area (Å²) in [4.78, 5) is 38.4. The van der Waals surface area contributed by atoms with Crippen LogP contribution in [0.25, 0.3) is 22.1 Å². The molecule has 2 N–H and O–H groups in total. The Morgan fingerprint density at radius 3 is 2.29 bits per heavy atom. The zero-order valence-electron chi connectivity index (χ0n) is 22.5. The van der Waals surface area contributed by atoms with Gasteiger partial charge < -0.3 is 15.1 Å². The predicted molar refractivity (Wildman–Crippen MR) is 154 cm³/mol. The van der Waals surface area contributed by atoms with Gasteiger partial charge >= 0.3 is 0 Å². The molecule has 9 heteroatoms. The number of nitro benzene ring substituents is 1. The van der Waals surface area contributed by atoms with Crippen molar-refractivity contribution in [3.63, 3.8) is 0 Å². The number of halogens is 1. The SMILES string of the molecule is Cc1oc2ccc(-c3cccc(C(=O)NC(C)(C)c4ccccc4)c3)c([N+](=O)[O-])c2c1C(=O)Nc1ccc(F)cc1. The van der Waals surface area contributed by atoms with Gasteiger partial charge in [-0.2, -0.15) is 0 Å². The summed E-state index contributed by atoms with van der Waals surface area (Å²) in [6.07, 6.45) is 0. The molecular weight excluding hydrogens is 525 g/mol. The maximum absolute atomic E-state index is 13.3. The molecule has 5 aromatic rings. The van der Waals surface area contributed by atoms with Gasteiger partial charge in [-0.05, 0) is 80.4 Å². The fourth-order valence-corrected chi connectivity index (χ4v) is 4.83. The highest BCUT2D eigenvalue weighted by atomic mass is 19.1. The van der Waals surface area contributed by atoms with E-state index in [2.05, 4.69) is 10.6 Å². The summed E-state index contributed by atoms with van der Waals surface area (Å²) < 4.78 is 19.1. The average molecular weight is 552 g/mol. The Balaban J connectivity index is 1.55. The number of nitrogens with zero attached hydrogens (tertiary/aromatic N) is 1. The Morgan fingerprint density at radius 1 is 0.902 bits per heavy atom. The fourth-order valence-electron chi connectivity index (χ4n) is 4.83. The van der Waals surface area contributed by atoms with E-state index in [0.29, 0.717) is 16.8 Å². The zero-order chi connectivity index (χ0) is 29.3. The van der Waals surface area contributed by atoms with Crippen LogP contribution in [-0.2, 0) is 5.54 Å². The van der Waals surface area contributed by atoms with Crippen molar-refractivity contribution in [1.82, 2.24) is 5.32 Å². The van der Waals surface area contributed by atoms with Crippen LogP contribution in [0.3, 0.4) is 0 Å². The molecule has 0 saturated carbocycles. The molecule has 0 aliphatic heterocycles. The van der Waals surface area contributed by atoms with E-state index < -0.39 is 22.2 Å². The lowest BCUT2D eigenvalue weighted by Gasteiger charge is -2.27. The van der Waals surface area contributed by atoms with Crippen molar-refractivity contribution in [2.75, 3.05) is 5.32 Å². The van der Waals surface area contributed by atoms with Crippen molar-refractivity contribution in [2.45, 2.75) is 26.3 Å². The Labute approximate surface area is 235 Å². The maximum atomic E-state index is 13.3. The summed E-state index contributed by atoms with van der Waals surface area (Å²) in [6, 6.07) is 24.3. The highest BCUT2D eigenvalue weighted by Crippen LogP contribution is 2.41. The van der Waals surface area contributed by atoms with Crippen LogP contribution >= 0.6 is 0 Å². The van der Waals surface area contributed by atoms with Gasteiger partial charge in [0, 0.05) is 11.3 Å².